The van der Waals surface area contributed by atoms with Crippen LogP contribution in [0.4, 0.5) is 0 Å². The van der Waals surface area contributed by atoms with Crippen LogP contribution < -0.4 is 5.73 Å². The lowest BCUT2D eigenvalue weighted by atomic mass is 10.0. The molecule has 2 fully saturated rings. The van der Waals surface area contributed by atoms with Crippen LogP contribution in [0.25, 0.3) is 0 Å². The molecule has 0 radical (unpaired) electrons. The molecule has 0 unspecified atom stereocenters. The maximum absolute atomic E-state index is 6.14. The largest absolute Gasteiger partial charge is 0.378 e. The van der Waals surface area contributed by atoms with E-state index in [1.807, 2.05) is 7.11 Å². The maximum atomic E-state index is 6.14. The van der Waals surface area contributed by atoms with E-state index in [9.17, 15) is 0 Å². The summed E-state index contributed by atoms with van der Waals surface area (Å²) in [6, 6.07) is 9.00. The van der Waals surface area contributed by atoms with Gasteiger partial charge >= 0.3 is 0 Å². The van der Waals surface area contributed by atoms with Crippen LogP contribution in [0.15, 0.2) is 24.3 Å². The summed E-state index contributed by atoms with van der Waals surface area (Å²) < 4.78 is 5.55. The van der Waals surface area contributed by atoms with Crippen molar-refractivity contribution in [3.8, 4) is 0 Å². The van der Waals surface area contributed by atoms with Gasteiger partial charge in [-0.25, -0.2) is 0 Å². The molecule has 0 aromatic heterocycles. The third kappa shape index (κ3) is 2.76. The zero-order chi connectivity index (χ0) is 12.6. The smallest absolute Gasteiger partial charge is 0.0684 e. The highest BCUT2D eigenvalue weighted by atomic mass is 16.5. The quantitative estimate of drug-likeness (QED) is 0.836. The van der Waals surface area contributed by atoms with Gasteiger partial charge in [-0.2, -0.15) is 0 Å². The van der Waals surface area contributed by atoms with Crippen molar-refractivity contribution in [3.63, 3.8) is 0 Å². The summed E-state index contributed by atoms with van der Waals surface area (Å²) in [5, 5.41) is 0. The topological polar surface area (TPSA) is 35.2 Å². The Bertz CT molecular complexity index is 415. The lowest BCUT2D eigenvalue weighted by Crippen LogP contribution is -2.24. The van der Waals surface area contributed by atoms with Gasteiger partial charge < -0.3 is 10.5 Å². The van der Waals surface area contributed by atoms with Gasteiger partial charge in [0.15, 0.2) is 0 Å². The van der Waals surface area contributed by atoms with Crippen LogP contribution in [0.3, 0.4) is 0 Å². The number of hydrogen-bond acceptors (Lipinski definition) is 2. The number of aryl methyl sites for hydroxylation is 1. The first-order valence-electron chi connectivity index (χ1n) is 7.05. The third-order valence-electron chi connectivity index (χ3n) is 4.58. The molecule has 0 atom stereocenters. The number of methoxy groups -OCH3 is 1. The lowest BCUT2D eigenvalue weighted by molar-refractivity contribution is 0.0731. The number of hydrogen-bond donors (Lipinski definition) is 1. The van der Waals surface area contributed by atoms with Gasteiger partial charge in [-0.1, -0.05) is 24.3 Å². The van der Waals surface area contributed by atoms with Crippen LogP contribution in [0.5, 0.6) is 0 Å². The summed E-state index contributed by atoms with van der Waals surface area (Å²) in [4.78, 5) is 0. The molecule has 0 heterocycles. The van der Waals surface area contributed by atoms with Gasteiger partial charge in [0.2, 0.25) is 0 Å². The van der Waals surface area contributed by atoms with Gasteiger partial charge in [0.25, 0.3) is 0 Å². The molecule has 0 amide bonds. The zero-order valence-electron chi connectivity index (χ0n) is 11.2. The normalized spacial score (nSPS) is 22.8. The van der Waals surface area contributed by atoms with E-state index in [2.05, 4.69) is 24.3 Å². The Morgan fingerprint density at radius 3 is 2.17 bits per heavy atom. The van der Waals surface area contributed by atoms with Crippen LogP contribution >= 0.6 is 0 Å². The first-order valence-corrected chi connectivity index (χ1v) is 7.05. The SMILES string of the molecule is COC1(CCc2ccc(CC3(N)CC3)cc2)CC1. The maximum Gasteiger partial charge on any atom is 0.0684 e. The van der Waals surface area contributed by atoms with Gasteiger partial charge in [0.1, 0.15) is 0 Å². The molecule has 2 aliphatic rings. The summed E-state index contributed by atoms with van der Waals surface area (Å²) in [6.07, 6.45) is 8.16. The van der Waals surface area contributed by atoms with E-state index in [4.69, 9.17) is 10.5 Å². The van der Waals surface area contributed by atoms with E-state index >= 15 is 0 Å². The Morgan fingerprint density at radius 1 is 1.06 bits per heavy atom. The fourth-order valence-corrected chi connectivity index (χ4v) is 2.64. The van der Waals surface area contributed by atoms with Crippen molar-refractivity contribution < 1.29 is 4.74 Å². The van der Waals surface area contributed by atoms with Crippen LogP contribution in [0.1, 0.15) is 43.2 Å². The monoisotopic (exact) mass is 245 g/mol. The summed E-state index contributed by atoms with van der Waals surface area (Å²) in [5.41, 5.74) is 9.28. The number of nitrogens with two attached hydrogens (primary N) is 1. The van der Waals surface area contributed by atoms with Crippen molar-refractivity contribution >= 4 is 0 Å². The minimum Gasteiger partial charge on any atom is -0.378 e. The highest BCUT2D eigenvalue weighted by Crippen LogP contribution is 2.42. The second-order valence-corrected chi connectivity index (χ2v) is 6.24. The molecule has 2 N–H and O–H groups in total. The Labute approximate surface area is 110 Å². The van der Waals surface area contributed by atoms with Crippen molar-refractivity contribution in [2.24, 2.45) is 5.73 Å². The molecule has 2 saturated carbocycles. The molecular formula is C16H23NO. The minimum atomic E-state index is 0.121. The van der Waals surface area contributed by atoms with Crippen molar-refractivity contribution in [3.05, 3.63) is 35.4 Å². The summed E-state index contributed by atoms with van der Waals surface area (Å²) >= 11 is 0. The Hall–Kier alpha value is -0.860. The van der Waals surface area contributed by atoms with Crippen LogP contribution in [-0.4, -0.2) is 18.2 Å². The molecule has 2 aliphatic carbocycles. The van der Waals surface area contributed by atoms with Gasteiger partial charge in [-0.15, -0.1) is 0 Å². The Kier molecular flexibility index (Phi) is 2.95. The predicted octanol–water partition coefficient (Wildman–Crippen LogP) is 2.83. The average molecular weight is 245 g/mol. The molecule has 2 heteroatoms. The second kappa shape index (κ2) is 4.36. The van der Waals surface area contributed by atoms with Crippen LogP contribution in [-0.2, 0) is 17.6 Å². The fraction of sp³-hybridized carbons (Fsp3) is 0.625. The second-order valence-electron chi connectivity index (χ2n) is 6.24. The van der Waals surface area contributed by atoms with E-state index < -0.39 is 0 Å². The van der Waals surface area contributed by atoms with Crippen molar-refractivity contribution in [2.45, 2.75) is 56.1 Å². The predicted molar refractivity (Wildman–Crippen MR) is 73.6 cm³/mol. The average Bonchev–Trinajstić information content (AvgIpc) is 3.28. The van der Waals surface area contributed by atoms with Crippen LogP contribution in [0.2, 0.25) is 0 Å². The van der Waals surface area contributed by atoms with Gasteiger partial charge in [-0.05, 0) is 56.1 Å². The molecule has 2 nitrogen and oxygen atoms in total. The highest BCUT2D eigenvalue weighted by Gasteiger charge is 2.42. The van der Waals surface area contributed by atoms with Crippen molar-refractivity contribution in [1.29, 1.82) is 0 Å². The van der Waals surface area contributed by atoms with Gasteiger partial charge in [0.05, 0.1) is 5.60 Å². The minimum absolute atomic E-state index is 0.121. The molecule has 0 saturated heterocycles. The first-order chi connectivity index (χ1) is 8.63. The standard InChI is InChI=1S/C16H23NO/c1-18-16(10-11-16)7-6-13-2-4-14(5-3-13)12-15(17)8-9-15/h2-5H,6-12,17H2,1H3. The van der Waals surface area contributed by atoms with Crippen LogP contribution in [0, 0.1) is 0 Å². The van der Waals surface area contributed by atoms with Crippen molar-refractivity contribution in [1.82, 2.24) is 0 Å². The molecule has 0 bridgehead atoms. The summed E-state index contributed by atoms with van der Waals surface area (Å²) in [7, 11) is 1.84. The molecule has 18 heavy (non-hydrogen) atoms. The molecule has 1 aromatic carbocycles. The summed E-state index contributed by atoms with van der Waals surface area (Å²) in [5.74, 6) is 0. The number of rotatable bonds is 6. The molecule has 3 rings (SSSR count). The zero-order valence-corrected chi connectivity index (χ0v) is 11.2. The van der Waals surface area contributed by atoms with Crippen molar-refractivity contribution in [2.75, 3.05) is 7.11 Å². The van der Waals surface area contributed by atoms with E-state index in [-0.39, 0.29) is 11.1 Å². The third-order valence-corrected chi connectivity index (χ3v) is 4.58. The van der Waals surface area contributed by atoms with Gasteiger partial charge in [-0.3, -0.25) is 0 Å². The summed E-state index contributed by atoms with van der Waals surface area (Å²) in [6.45, 7) is 0. The first kappa shape index (κ1) is 12.2. The molecular weight excluding hydrogens is 222 g/mol. The molecule has 0 spiro atoms. The molecule has 0 aliphatic heterocycles. The number of ether oxygens (including phenoxy) is 1. The highest BCUT2D eigenvalue weighted by molar-refractivity contribution is 5.26. The molecule has 1 aromatic rings. The lowest BCUT2D eigenvalue weighted by Gasteiger charge is -2.13. The van der Waals surface area contributed by atoms with Gasteiger partial charge in [0, 0.05) is 12.6 Å². The van der Waals surface area contributed by atoms with E-state index in [1.165, 1.54) is 36.8 Å². The Balaban J connectivity index is 1.54. The van der Waals surface area contributed by atoms with E-state index in [0.717, 1.165) is 19.3 Å². The number of benzene rings is 1. The van der Waals surface area contributed by atoms with E-state index in [1.54, 1.807) is 0 Å². The molecule has 98 valence electrons. The fourth-order valence-electron chi connectivity index (χ4n) is 2.64. The Morgan fingerprint density at radius 2 is 1.67 bits per heavy atom. The van der Waals surface area contributed by atoms with E-state index in [0.29, 0.717) is 0 Å².